The second-order valence-corrected chi connectivity index (χ2v) is 5.77. The van der Waals surface area contributed by atoms with E-state index in [1.807, 2.05) is 48.2 Å². The number of hydrogen-bond donors (Lipinski definition) is 1. The van der Waals surface area contributed by atoms with E-state index in [9.17, 15) is 4.79 Å². The molecule has 1 unspecified atom stereocenters. The minimum atomic E-state index is -0.273. The summed E-state index contributed by atoms with van der Waals surface area (Å²) in [4.78, 5) is 23.1. The smallest absolute Gasteiger partial charge is 0.254 e. The lowest BCUT2D eigenvalue weighted by atomic mass is 10.2. The number of benzene rings is 1. The molecule has 1 N–H and O–H groups in total. The molecule has 1 amide bonds. The van der Waals surface area contributed by atoms with Crippen molar-refractivity contribution in [3.63, 3.8) is 0 Å². The van der Waals surface area contributed by atoms with Gasteiger partial charge in [0.1, 0.15) is 18.2 Å². The number of para-hydroxylation sites is 1. The van der Waals surface area contributed by atoms with Gasteiger partial charge in [-0.15, -0.1) is 0 Å². The van der Waals surface area contributed by atoms with Crippen LogP contribution in [0.4, 0.5) is 11.5 Å². The lowest BCUT2D eigenvalue weighted by Gasteiger charge is -2.18. The summed E-state index contributed by atoms with van der Waals surface area (Å²) in [5.74, 6) is 1.37. The molecule has 1 aliphatic heterocycles. The molecule has 1 aliphatic rings. The molecule has 0 radical (unpaired) electrons. The lowest BCUT2D eigenvalue weighted by Crippen LogP contribution is -2.34. The van der Waals surface area contributed by atoms with E-state index in [0.717, 1.165) is 30.0 Å². The molecule has 1 fully saturated rings. The summed E-state index contributed by atoms with van der Waals surface area (Å²) in [6.45, 7) is 2.74. The van der Waals surface area contributed by atoms with Crippen molar-refractivity contribution in [2.24, 2.45) is 0 Å². The number of nitrogens with zero attached hydrogens (tertiary/aromatic N) is 5. The van der Waals surface area contributed by atoms with Gasteiger partial charge in [0, 0.05) is 24.0 Å². The molecule has 7 heteroatoms. The molecule has 122 valence electrons. The minimum Gasteiger partial charge on any atom is -0.358 e. The molecule has 7 nitrogen and oxygen atoms in total. The third kappa shape index (κ3) is 2.47. The predicted molar refractivity (Wildman–Crippen MR) is 91.0 cm³/mol. The van der Waals surface area contributed by atoms with E-state index >= 15 is 0 Å². The number of aryl methyl sites for hydroxylation is 1. The summed E-state index contributed by atoms with van der Waals surface area (Å²) < 4.78 is 1.64. The second kappa shape index (κ2) is 5.92. The fourth-order valence-electron chi connectivity index (χ4n) is 3.00. The van der Waals surface area contributed by atoms with Gasteiger partial charge in [0.15, 0.2) is 0 Å². The Bertz CT molecular complexity index is 875. The minimum absolute atomic E-state index is 0.0735. The Balaban J connectivity index is 1.60. The maximum atomic E-state index is 12.7. The quantitative estimate of drug-likeness (QED) is 0.794. The van der Waals surface area contributed by atoms with E-state index < -0.39 is 0 Å². The first-order chi connectivity index (χ1) is 11.8. The van der Waals surface area contributed by atoms with Crippen molar-refractivity contribution in [2.75, 3.05) is 16.8 Å². The molecule has 1 saturated heterocycles. The number of amides is 1. The van der Waals surface area contributed by atoms with Crippen LogP contribution in [0, 0.1) is 0 Å². The molecule has 1 aromatic carbocycles. The molecule has 0 saturated carbocycles. The highest BCUT2D eigenvalue weighted by atomic mass is 16.2. The van der Waals surface area contributed by atoms with E-state index in [2.05, 4.69) is 20.4 Å². The number of carbonyl (C=O) groups excluding carboxylic acids is 1. The Morgan fingerprint density at radius 3 is 2.92 bits per heavy atom. The van der Waals surface area contributed by atoms with Crippen LogP contribution in [0.3, 0.4) is 0 Å². The summed E-state index contributed by atoms with van der Waals surface area (Å²) in [6.07, 6.45) is 3.01. The summed E-state index contributed by atoms with van der Waals surface area (Å²) >= 11 is 0. The Labute approximate surface area is 139 Å². The third-order valence-electron chi connectivity index (χ3n) is 4.26. The normalized spacial score (nSPS) is 17.6. The maximum absolute atomic E-state index is 12.7. The van der Waals surface area contributed by atoms with Gasteiger partial charge in [-0.3, -0.25) is 4.79 Å². The van der Waals surface area contributed by atoms with Crippen molar-refractivity contribution >= 4 is 23.2 Å². The SMILES string of the molecule is CCc1cc(NC2CCN(c3ccccc3)C2=O)n2ncnc2n1. The molecule has 2 aromatic heterocycles. The molecule has 3 heterocycles. The van der Waals surface area contributed by atoms with Crippen molar-refractivity contribution in [1.82, 2.24) is 19.6 Å². The van der Waals surface area contributed by atoms with Crippen LogP contribution in [0.5, 0.6) is 0 Å². The van der Waals surface area contributed by atoms with Crippen LogP contribution >= 0.6 is 0 Å². The van der Waals surface area contributed by atoms with E-state index in [1.54, 1.807) is 4.52 Å². The molecule has 0 spiro atoms. The average molecular weight is 322 g/mol. The molecular formula is C17H18N6O. The molecule has 1 atom stereocenters. The lowest BCUT2D eigenvalue weighted by molar-refractivity contribution is -0.117. The van der Waals surface area contributed by atoms with Gasteiger partial charge in [0.25, 0.3) is 5.78 Å². The summed E-state index contributed by atoms with van der Waals surface area (Å²) in [7, 11) is 0. The molecular weight excluding hydrogens is 304 g/mol. The maximum Gasteiger partial charge on any atom is 0.254 e. The van der Waals surface area contributed by atoms with Crippen LogP contribution in [0.15, 0.2) is 42.7 Å². The predicted octanol–water partition coefficient (Wildman–Crippen LogP) is 1.90. The van der Waals surface area contributed by atoms with Crippen molar-refractivity contribution < 1.29 is 4.79 Å². The Kier molecular flexibility index (Phi) is 3.60. The van der Waals surface area contributed by atoms with Crippen LogP contribution in [0.25, 0.3) is 5.78 Å². The Morgan fingerprint density at radius 1 is 1.29 bits per heavy atom. The topological polar surface area (TPSA) is 75.4 Å². The van der Waals surface area contributed by atoms with E-state index in [1.165, 1.54) is 6.33 Å². The van der Waals surface area contributed by atoms with Crippen LogP contribution in [-0.2, 0) is 11.2 Å². The van der Waals surface area contributed by atoms with Gasteiger partial charge in [0.05, 0.1) is 0 Å². The standard InChI is InChI=1S/C17H18N6O/c1-2-12-10-15(23-17(20-12)18-11-19-23)21-14-8-9-22(16(14)24)13-6-4-3-5-7-13/h3-7,10-11,14,21H,2,8-9H2,1H3. The molecule has 4 rings (SSSR count). The first kappa shape index (κ1) is 14.6. The van der Waals surface area contributed by atoms with Crippen LogP contribution in [0.2, 0.25) is 0 Å². The highest BCUT2D eigenvalue weighted by Crippen LogP contribution is 2.23. The van der Waals surface area contributed by atoms with Gasteiger partial charge in [-0.25, -0.2) is 4.98 Å². The zero-order chi connectivity index (χ0) is 16.5. The molecule has 0 bridgehead atoms. The number of rotatable bonds is 4. The summed E-state index contributed by atoms with van der Waals surface area (Å²) in [5, 5.41) is 7.52. The van der Waals surface area contributed by atoms with Gasteiger partial charge >= 0.3 is 0 Å². The average Bonchev–Trinajstić information content (AvgIpc) is 3.23. The van der Waals surface area contributed by atoms with Crippen LogP contribution in [0.1, 0.15) is 19.0 Å². The fraction of sp³-hybridized carbons (Fsp3) is 0.294. The number of anilines is 2. The summed E-state index contributed by atoms with van der Waals surface area (Å²) in [6, 6.07) is 11.4. The zero-order valence-corrected chi connectivity index (χ0v) is 13.4. The molecule has 0 aliphatic carbocycles. The van der Waals surface area contributed by atoms with E-state index in [0.29, 0.717) is 12.3 Å². The highest BCUT2D eigenvalue weighted by Gasteiger charge is 2.33. The number of aromatic nitrogens is 4. The number of hydrogen-bond acceptors (Lipinski definition) is 5. The van der Waals surface area contributed by atoms with E-state index in [-0.39, 0.29) is 11.9 Å². The first-order valence-corrected chi connectivity index (χ1v) is 8.09. The van der Waals surface area contributed by atoms with Crippen molar-refractivity contribution in [3.8, 4) is 0 Å². The Hall–Kier alpha value is -2.96. The molecule has 3 aromatic rings. The van der Waals surface area contributed by atoms with Crippen molar-refractivity contribution in [1.29, 1.82) is 0 Å². The second-order valence-electron chi connectivity index (χ2n) is 5.77. The number of nitrogens with one attached hydrogen (secondary N) is 1. The van der Waals surface area contributed by atoms with Gasteiger partial charge < -0.3 is 10.2 Å². The van der Waals surface area contributed by atoms with Crippen LogP contribution in [-0.4, -0.2) is 38.1 Å². The fourth-order valence-corrected chi connectivity index (χ4v) is 3.00. The highest BCUT2D eigenvalue weighted by molar-refractivity contribution is 6.00. The zero-order valence-electron chi connectivity index (χ0n) is 13.4. The third-order valence-corrected chi connectivity index (χ3v) is 4.26. The van der Waals surface area contributed by atoms with E-state index in [4.69, 9.17) is 0 Å². The number of carbonyl (C=O) groups is 1. The summed E-state index contributed by atoms with van der Waals surface area (Å²) in [5.41, 5.74) is 1.85. The monoisotopic (exact) mass is 322 g/mol. The Morgan fingerprint density at radius 2 is 2.12 bits per heavy atom. The largest absolute Gasteiger partial charge is 0.358 e. The van der Waals surface area contributed by atoms with Gasteiger partial charge in [-0.1, -0.05) is 25.1 Å². The van der Waals surface area contributed by atoms with Crippen molar-refractivity contribution in [2.45, 2.75) is 25.8 Å². The van der Waals surface area contributed by atoms with Gasteiger partial charge in [0.2, 0.25) is 5.91 Å². The first-order valence-electron chi connectivity index (χ1n) is 8.09. The van der Waals surface area contributed by atoms with Gasteiger partial charge in [-0.05, 0) is 25.0 Å². The molecule has 24 heavy (non-hydrogen) atoms. The van der Waals surface area contributed by atoms with Gasteiger partial charge in [-0.2, -0.15) is 14.6 Å². The van der Waals surface area contributed by atoms with Crippen LogP contribution < -0.4 is 10.2 Å². The van der Waals surface area contributed by atoms with Crippen molar-refractivity contribution in [3.05, 3.63) is 48.4 Å². The number of fused-ring (bicyclic) bond motifs is 1.